The fourth-order valence-electron chi connectivity index (χ4n) is 5.81. The van der Waals surface area contributed by atoms with Crippen molar-refractivity contribution in [3.63, 3.8) is 0 Å². The Morgan fingerprint density at radius 3 is 1.91 bits per heavy atom. The predicted octanol–water partition coefficient (Wildman–Crippen LogP) is 10.3. The maximum Gasteiger partial charge on any atom is 0.0257 e. The predicted molar refractivity (Wildman–Crippen MR) is 143 cm³/mol. The molecule has 0 unspecified atom stereocenters. The minimum atomic E-state index is 0.113. The van der Waals surface area contributed by atoms with Crippen LogP contribution in [-0.4, -0.2) is 0 Å². The maximum absolute atomic E-state index is 3.97. The summed E-state index contributed by atoms with van der Waals surface area (Å²) in [4.78, 5) is 0. The lowest BCUT2D eigenvalue weighted by molar-refractivity contribution is 0.401. The molecule has 4 rings (SSSR count). The van der Waals surface area contributed by atoms with E-state index in [4.69, 9.17) is 0 Å². The molecule has 0 atom stereocenters. The van der Waals surface area contributed by atoms with Gasteiger partial charge in [-0.15, -0.1) is 0 Å². The van der Waals surface area contributed by atoms with Crippen LogP contribution in [0.25, 0.3) is 22.3 Å². The Bertz CT molecular complexity index is 1010. The standard InChI is InChI=1S/C31H37Br/c1-3-5-7-14-22-31(23-15-8-6-4-2)27-19-13-12-18-25(27)26-20-21-28(32)29(30(26)31)24-16-10-9-11-17-24/h9-13,16-21H,3-8,14-15,22-23H2,1-2H3. The van der Waals surface area contributed by atoms with Gasteiger partial charge in [-0.1, -0.05) is 142 Å². The van der Waals surface area contributed by atoms with E-state index in [-0.39, 0.29) is 5.41 Å². The lowest BCUT2D eigenvalue weighted by Gasteiger charge is -2.35. The Morgan fingerprint density at radius 2 is 1.25 bits per heavy atom. The van der Waals surface area contributed by atoms with Crippen molar-refractivity contribution in [2.24, 2.45) is 0 Å². The van der Waals surface area contributed by atoms with Crippen molar-refractivity contribution in [3.05, 3.63) is 82.3 Å². The monoisotopic (exact) mass is 488 g/mol. The molecule has 0 saturated carbocycles. The number of unbranched alkanes of at least 4 members (excludes halogenated alkanes) is 6. The molecule has 0 aliphatic heterocycles. The van der Waals surface area contributed by atoms with E-state index in [0.29, 0.717) is 0 Å². The van der Waals surface area contributed by atoms with Gasteiger partial charge in [-0.05, 0) is 46.7 Å². The second kappa shape index (κ2) is 10.8. The summed E-state index contributed by atoms with van der Waals surface area (Å²) in [6.45, 7) is 4.62. The van der Waals surface area contributed by atoms with Gasteiger partial charge in [0.2, 0.25) is 0 Å². The van der Waals surface area contributed by atoms with Gasteiger partial charge < -0.3 is 0 Å². The first-order chi connectivity index (χ1) is 15.7. The van der Waals surface area contributed by atoms with Crippen LogP contribution in [-0.2, 0) is 5.41 Å². The second-order valence-electron chi connectivity index (χ2n) is 9.46. The zero-order chi connectivity index (χ0) is 22.4. The Morgan fingerprint density at radius 1 is 0.625 bits per heavy atom. The average molecular weight is 490 g/mol. The van der Waals surface area contributed by atoms with Crippen molar-refractivity contribution in [2.75, 3.05) is 0 Å². The van der Waals surface area contributed by atoms with E-state index >= 15 is 0 Å². The molecule has 0 heterocycles. The van der Waals surface area contributed by atoms with Gasteiger partial charge >= 0.3 is 0 Å². The molecule has 168 valence electrons. The smallest absolute Gasteiger partial charge is 0.0257 e. The van der Waals surface area contributed by atoms with E-state index in [2.05, 4.69) is 96.5 Å². The van der Waals surface area contributed by atoms with Crippen molar-refractivity contribution in [1.82, 2.24) is 0 Å². The number of hydrogen-bond donors (Lipinski definition) is 0. The summed E-state index contributed by atoms with van der Waals surface area (Å²) in [6.07, 6.45) is 13.0. The molecule has 0 N–H and O–H groups in total. The Hall–Kier alpha value is -1.86. The molecule has 32 heavy (non-hydrogen) atoms. The SMILES string of the molecule is CCCCCCC1(CCCCCC)c2ccccc2-c2ccc(Br)c(-c3ccccc3)c21. The highest BCUT2D eigenvalue weighted by Gasteiger charge is 2.44. The Kier molecular flexibility index (Phi) is 7.89. The third-order valence-electron chi connectivity index (χ3n) is 7.34. The third-order valence-corrected chi connectivity index (χ3v) is 8.00. The van der Waals surface area contributed by atoms with Crippen molar-refractivity contribution in [2.45, 2.75) is 83.5 Å². The number of rotatable bonds is 11. The fourth-order valence-corrected chi connectivity index (χ4v) is 6.37. The average Bonchev–Trinajstić information content (AvgIpc) is 3.10. The van der Waals surface area contributed by atoms with E-state index in [1.54, 1.807) is 11.1 Å². The molecule has 3 aromatic carbocycles. The molecule has 0 bridgehead atoms. The van der Waals surface area contributed by atoms with Gasteiger partial charge in [-0.2, -0.15) is 0 Å². The molecule has 0 aromatic heterocycles. The number of fused-ring (bicyclic) bond motifs is 3. The first-order valence-corrected chi connectivity index (χ1v) is 13.5. The highest BCUT2D eigenvalue weighted by molar-refractivity contribution is 9.10. The number of halogens is 1. The van der Waals surface area contributed by atoms with Crippen LogP contribution in [0.15, 0.2) is 71.2 Å². The molecule has 1 heteroatoms. The van der Waals surface area contributed by atoms with Crippen molar-refractivity contribution >= 4 is 15.9 Å². The van der Waals surface area contributed by atoms with Crippen LogP contribution in [0.4, 0.5) is 0 Å². The van der Waals surface area contributed by atoms with Crippen LogP contribution in [0.5, 0.6) is 0 Å². The largest absolute Gasteiger partial charge is 0.0654 e. The first-order valence-electron chi connectivity index (χ1n) is 12.7. The maximum atomic E-state index is 3.97. The summed E-state index contributed by atoms with van der Waals surface area (Å²) >= 11 is 3.97. The zero-order valence-corrected chi connectivity index (χ0v) is 21.4. The summed E-state index contributed by atoms with van der Waals surface area (Å²) < 4.78 is 1.22. The van der Waals surface area contributed by atoms with Crippen LogP contribution in [0.1, 0.15) is 89.2 Å². The second-order valence-corrected chi connectivity index (χ2v) is 10.3. The van der Waals surface area contributed by atoms with Crippen molar-refractivity contribution < 1.29 is 0 Å². The molecule has 1 aliphatic rings. The lowest BCUT2D eigenvalue weighted by Crippen LogP contribution is -2.26. The van der Waals surface area contributed by atoms with E-state index in [1.165, 1.54) is 90.9 Å². The minimum Gasteiger partial charge on any atom is -0.0654 e. The zero-order valence-electron chi connectivity index (χ0n) is 19.8. The lowest BCUT2D eigenvalue weighted by atomic mass is 9.68. The van der Waals surface area contributed by atoms with Gasteiger partial charge in [0.25, 0.3) is 0 Å². The number of hydrogen-bond acceptors (Lipinski definition) is 0. The highest BCUT2D eigenvalue weighted by atomic mass is 79.9. The Balaban J connectivity index is 1.89. The van der Waals surface area contributed by atoms with Gasteiger partial charge in [0, 0.05) is 15.5 Å². The molecule has 0 spiro atoms. The van der Waals surface area contributed by atoms with Gasteiger partial charge in [0.1, 0.15) is 0 Å². The quantitative estimate of drug-likeness (QED) is 0.235. The normalized spacial score (nSPS) is 13.7. The molecular weight excluding hydrogens is 452 g/mol. The van der Waals surface area contributed by atoms with E-state index < -0.39 is 0 Å². The van der Waals surface area contributed by atoms with Crippen molar-refractivity contribution in [1.29, 1.82) is 0 Å². The van der Waals surface area contributed by atoms with E-state index in [0.717, 1.165) is 0 Å². The van der Waals surface area contributed by atoms with E-state index in [9.17, 15) is 0 Å². The molecule has 3 aromatic rings. The molecule has 0 radical (unpaired) electrons. The van der Waals surface area contributed by atoms with Crippen LogP contribution in [0.3, 0.4) is 0 Å². The summed E-state index contributed by atoms with van der Waals surface area (Å²) in [5.74, 6) is 0. The van der Waals surface area contributed by atoms with Crippen LogP contribution >= 0.6 is 15.9 Å². The van der Waals surface area contributed by atoms with Gasteiger partial charge in [0.15, 0.2) is 0 Å². The fraction of sp³-hybridized carbons (Fsp3) is 0.419. The summed E-state index contributed by atoms with van der Waals surface area (Å²) in [7, 11) is 0. The molecule has 1 aliphatic carbocycles. The minimum absolute atomic E-state index is 0.113. The molecule has 0 saturated heterocycles. The summed E-state index contributed by atoms with van der Waals surface area (Å²) in [6, 6.07) is 24.9. The van der Waals surface area contributed by atoms with Gasteiger partial charge in [-0.3, -0.25) is 0 Å². The molecule has 0 nitrogen and oxygen atoms in total. The van der Waals surface area contributed by atoms with Gasteiger partial charge in [-0.25, -0.2) is 0 Å². The van der Waals surface area contributed by atoms with Crippen molar-refractivity contribution in [3.8, 4) is 22.3 Å². The molecule has 0 fully saturated rings. The number of benzene rings is 3. The van der Waals surface area contributed by atoms with Gasteiger partial charge in [0.05, 0.1) is 0 Å². The van der Waals surface area contributed by atoms with Crippen LogP contribution < -0.4 is 0 Å². The highest BCUT2D eigenvalue weighted by Crippen LogP contribution is 2.58. The molecule has 0 amide bonds. The van der Waals surface area contributed by atoms with E-state index in [1.807, 2.05) is 0 Å². The summed E-state index contributed by atoms with van der Waals surface area (Å²) in [5.41, 5.74) is 8.90. The topological polar surface area (TPSA) is 0 Å². The first kappa shape index (κ1) is 23.3. The molecular formula is C31H37Br. The third kappa shape index (κ3) is 4.46. The van der Waals surface area contributed by atoms with Crippen LogP contribution in [0.2, 0.25) is 0 Å². The van der Waals surface area contributed by atoms with Crippen LogP contribution in [0, 0.1) is 0 Å². The summed E-state index contributed by atoms with van der Waals surface area (Å²) in [5, 5.41) is 0. The Labute approximate surface area is 203 Å².